The van der Waals surface area contributed by atoms with Crippen molar-refractivity contribution in [2.75, 3.05) is 25.5 Å². The van der Waals surface area contributed by atoms with Crippen LogP contribution < -0.4 is 5.32 Å². The lowest BCUT2D eigenvalue weighted by Crippen LogP contribution is -2.66. The molecule has 5 atom stereocenters. The number of esters is 1. The van der Waals surface area contributed by atoms with Gasteiger partial charge in [0.05, 0.1) is 19.1 Å². The minimum absolute atomic E-state index is 0.00840. The second-order valence-electron chi connectivity index (χ2n) is 8.18. The average molecular weight is 338 g/mol. The van der Waals surface area contributed by atoms with Crippen LogP contribution in [0.2, 0.25) is 0 Å². The van der Waals surface area contributed by atoms with Gasteiger partial charge in [0.1, 0.15) is 0 Å². The van der Waals surface area contributed by atoms with Gasteiger partial charge in [-0.1, -0.05) is 37.3 Å². The van der Waals surface area contributed by atoms with Crippen molar-refractivity contribution in [3.63, 3.8) is 0 Å². The van der Waals surface area contributed by atoms with E-state index in [0.717, 1.165) is 32.4 Å². The molecule has 4 nitrogen and oxygen atoms in total. The molecule has 132 valence electrons. The van der Waals surface area contributed by atoms with Crippen LogP contribution in [0.15, 0.2) is 36.4 Å². The van der Waals surface area contributed by atoms with Crippen LogP contribution in [-0.2, 0) is 14.9 Å². The third kappa shape index (κ3) is 1.74. The predicted molar refractivity (Wildman–Crippen MR) is 97.5 cm³/mol. The monoisotopic (exact) mass is 338 g/mol. The summed E-state index contributed by atoms with van der Waals surface area (Å²) in [7, 11) is 1.53. The molecular formula is C21H26N2O2. The highest BCUT2D eigenvalue weighted by Gasteiger charge is 2.69. The Morgan fingerprint density at radius 1 is 1.40 bits per heavy atom. The fourth-order valence-corrected chi connectivity index (χ4v) is 6.59. The van der Waals surface area contributed by atoms with Crippen LogP contribution in [0.25, 0.3) is 0 Å². The lowest BCUT2D eigenvalue weighted by Gasteiger charge is -2.57. The molecule has 0 amide bonds. The van der Waals surface area contributed by atoms with Gasteiger partial charge in [0, 0.05) is 29.1 Å². The molecule has 4 aliphatic rings. The van der Waals surface area contributed by atoms with Gasteiger partial charge in [0.2, 0.25) is 0 Å². The Morgan fingerprint density at radius 2 is 2.24 bits per heavy atom. The van der Waals surface area contributed by atoms with E-state index in [9.17, 15) is 4.79 Å². The largest absolute Gasteiger partial charge is 0.469 e. The summed E-state index contributed by atoms with van der Waals surface area (Å²) in [4.78, 5) is 15.4. The molecular weight excluding hydrogens is 312 g/mol. The lowest BCUT2D eigenvalue weighted by atomic mass is 9.51. The van der Waals surface area contributed by atoms with Gasteiger partial charge in [-0.3, -0.25) is 9.69 Å². The van der Waals surface area contributed by atoms with Gasteiger partial charge < -0.3 is 10.1 Å². The van der Waals surface area contributed by atoms with Crippen molar-refractivity contribution in [1.29, 1.82) is 0 Å². The number of carbonyl (C=O) groups excluding carboxylic acids is 1. The third-order valence-electron chi connectivity index (χ3n) is 7.46. The van der Waals surface area contributed by atoms with Gasteiger partial charge in [-0.2, -0.15) is 0 Å². The third-order valence-corrected chi connectivity index (χ3v) is 7.46. The number of ether oxygens (including phenoxy) is 1. The molecule has 1 saturated carbocycles. The number of anilines is 1. The van der Waals surface area contributed by atoms with Crippen LogP contribution in [0, 0.1) is 11.3 Å². The van der Waals surface area contributed by atoms with E-state index in [2.05, 4.69) is 53.6 Å². The van der Waals surface area contributed by atoms with Gasteiger partial charge in [-0.25, -0.2) is 0 Å². The van der Waals surface area contributed by atoms with E-state index in [1.807, 2.05) is 0 Å². The van der Waals surface area contributed by atoms with E-state index in [4.69, 9.17) is 4.74 Å². The lowest BCUT2D eigenvalue weighted by molar-refractivity contribution is -0.151. The zero-order chi connectivity index (χ0) is 17.2. The Kier molecular flexibility index (Phi) is 3.15. The number of fused-ring (bicyclic) bond motifs is 1. The van der Waals surface area contributed by atoms with E-state index < -0.39 is 0 Å². The molecule has 0 aromatic heterocycles. The van der Waals surface area contributed by atoms with E-state index in [1.165, 1.54) is 18.4 Å². The molecule has 25 heavy (non-hydrogen) atoms. The molecule has 1 saturated heterocycles. The molecule has 1 aromatic carbocycles. The van der Waals surface area contributed by atoms with Crippen molar-refractivity contribution >= 4 is 11.7 Å². The van der Waals surface area contributed by atoms with Gasteiger partial charge in [0.15, 0.2) is 0 Å². The van der Waals surface area contributed by atoms with Gasteiger partial charge in [0.25, 0.3) is 0 Å². The number of methoxy groups -OCH3 is 1. The highest BCUT2D eigenvalue weighted by atomic mass is 16.5. The maximum absolute atomic E-state index is 12.8. The zero-order valence-electron chi connectivity index (χ0n) is 15.0. The molecule has 4 heteroatoms. The summed E-state index contributed by atoms with van der Waals surface area (Å²) in [6, 6.07) is 9.30. The van der Waals surface area contributed by atoms with Crippen molar-refractivity contribution in [2.24, 2.45) is 11.3 Å². The number of rotatable bonds is 2. The quantitative estimate of drug-likeness (QED) is 0.665. The van der Waals surface area contributed by atoms with Crippen molar-refractivity contribution < 1.29 is 9.53 Å². The summed E-state index contributed by atoms with van der Waals surface area (Å²) in [6.45, 7) is 4.42. The first-order valence-corrected chi connectivity index (χ1v) is 9.52. The summed E-state index contributed by atoms with van der Waals surface area (Å²) in [6.07, 6.45) is 7.80. The maximum Gasteiger partial charge on any atom is 0.310 e. The Labute approximate surface area is 149 Å². The van der Waals surface area contributed by atoms with Crippen LogP contribution >= 0.6 is 0 Å². The van der Waals surface area contributed by atoms with Gasteiger partial charge >= 0.3 is 5.97 Å². The van der Waals surface area contributed by atoms with Gasteiger partial charge in [-0.15, -0.1) is 0 Å². The highest BCUT2D eigenvalue weighted by Crippen LogP contribution is 2.64. The van der Waals surface area contributed by atoms with E-state index in [0.29, 0.717) is 6.04 Å². The number of nitrogens with zero attached hydrogens (tertiary/aromatic N) is 1. The molecule has 1 N–H and O–H groups in total. The number of hydrogen-bond donors (Lipinski definition) is 1. The summed E-state index contributed by atoms with van der Waals surface area (Å²) < 4.78 is 5.25. The topological polar surface area (TPSA) is 41.6 Å². The second kappa shape index (κ2) is 5.10. The minimum atomic E-state index is -0.101. The van der Waals surface area contributed by atoms with Crippen LogP contribution in [0.3, 0.4) is 0 Å². The summed E-state index contributed by atoms with van der Waals surface area (Å²) in [5.41, 5.74) is 2.69. The van der Waals surface area contributed by atoms with Crippen LogP contribution in [0.4, 0.5) is 5.69 Å². The summed E-state index contributed by atoms with van der Waals surface area (Å²) in [5.74, 6) is -0.162. The predicted octanol–water partition coefficient (Wildman–Crippen LogP) is 2.95. The fourth-order valence-electron chi connectivity index (χ4n) is 6.59. The molecule has 0 radical (unpaired) electrons. The summed E-state index contributed by atoms with van der Waals surface area (Å²) >= 11 is 0. The number of benzene rings is 1. The maximum atomic E-state index is 12.8. The molecule has 1 aromatic rings. The first-order chi connectivity index (χ1) is 12.2. The van der Waals surface area contributed by atoms with E-state index in [1.54, 1.807) is 0 Å². The second-order valence-corrected chi connectivity index (χ2v) is 8.18. The van der Waals surface area contributed by atoms with E-state index in [-0.39, 0.29) is 28.8 Å². The number of carbonyl (C=O) groups is 1. The molecule has 5 rings (SSSR count). The van der Waals surface area contributed by atoms with E-state index >= 15 is 0 Å². The first-order valence-electron chi connectivity index (χ1n) is 9.52. The van der Waals surface area contributed by atoms with Crippen molar-refractivity contribution in [1.82, 2.24) is 4.90 Å². The molecule has 2 fully saturated rings. The molecule has 3 aliphatic heterocycles. The molecule has 1 spiro atoms. The van der Waals surface area contributed by atoms with Crippen molar-refractivity contribution in [3.05, 3.63) is 42.0 Å². The first kappa shape index (κ1) is 15.4. The standard InChI is InChI=1S/C21H26N2O2/c1-3-20-9-6-11-23-12-10-21(19(20)23)15-7-4-5-8-16(15)22-17(21)14(13-20)18(24)25-2/h4-9,14,17,19,22H,3,10-13H2,1-2H3/t14?,17?,19-,20-,21-/m0/s1. The summed E-state index contributed by atoms with van der Waals surface area (Å²) in [5, 5.41) is 3.74. The Morgan fingerprint density at radius 3 is 3.04 bits per heavy atom. The van der Waals surface area contributed by atoms with Crippen LogP contribution in [-0.4, -0.2) is 43.2 Å². The number of para-hydroxylation sites is 1. The Balaban J connectivity index is 1.75. The Hall–Kier alpha value is -1.81. The SMILES string of the molecule is CC[C@]12C=CCN3CC[C@@]4(c5ccccc5NC4C(C(=O)OC)C1)[C@@H]32. The number of hydrogen-bond acceptors (Lipinski definition) is 4. The average Bonchev–Trinajstić information content (AvgIpc) is 3.21. The normalized spacial score (nSPS) is 40.8. The highest BCUT2D eigenvalue weighted by molar-refractivity contribution is 5.78. The fraction of sp³-hybridized carbons (Fsp3) is 0.571. The molecule has 0 bridgehead atoms. The minimum Gasteiger partial charge on any atom is -0.469 e. The van der Waals surface area contributed by atoms with Crippen LogP contribution in [0.5, 0.6) is 0 Å². The molecule has 3 heterocycles. The Bertz CT molecular complexity index is 760. The zero-order valence-corrected chi connectivity index (χ0v) is 15.0. The van der Waals surface area contributed by atoms with Crippen molar-refractivity contribution in [2.45, 2.75) is 43.7 Å². The number of nitrogens with one attached hydrogen (secondary N) is 1. The molecule has 2 unspecified atom stereocenters. The van der Waals surface area contributed by atoms with Crippen molar-refractivity contribution in [3.8, 4) is 0 Å². The van der Waals surface area contributed by atoms with Gasteiger partial charge in [-0.05, 0) is 37.4 Å². The smallest absolute Gasteiger partial charge is 0.310 e. The van der Waals surface area contributed by atoms with Crippen LogP contribution in [0.1, 0.15) is 31.7 Å². The molecule has 1 aliphatic carbocycles.